The Hall–Kier alpha value is -2.05. The average Bonchev–Trinajstić information content (AvgIpc) is 3.03. The van der Waals surface area contributed by atoms with Gasteiger partial charge in [0.15, 0.2) is 6.61 Å². The Morgan fingerprint density at radius 3 is 2.96 bits per heavy atom. The Morgan fingerprint density at radius 1 is 1.33 bits per heavy atom. The fraction of sp³-hybridized carbons (Fsp3) is 0.312. The van der Waals surface area contributed by atoms with Crippen molar-refractivity contribution in [3.8, 4) is 11.6 Å². The minimum absolute atomic E-state index is 0.0841. The second-order valence-electron chi connectivity index (χ2n) is 5.29. The van der Waals surface area contributed by atoms with E-state index in [9.17, 15) is 4.79 Å². The summed E-state index contributed by atoms with van der Waals surface area (Å²) in [5.41, 5.74) is 0. The number of likely N-dealkylation sites (tertiary alicyclic amines) is 1. The van der Waals surface area contributed by atoms with Gasteiger partial charge in [0.1, 0.15) is 11.9 Å². The van der Waals surface area contributed by atoms with Crippen LogP contribution < -0.4 is 9.47 Å². The number of aromatic nitrogens is 2. The van der Waals surface area contributed by atoms with Gasteiger partial charge in [0.25, 0.3) is 5.91 Å². The lowest BCUT2D eigenvalue weighted by Crippen LogP contribution is -2.34. The molecule has 1 saturated heterocycles. The van der Waals surface area contributed by atoms with Gasteiger partial charge in [0.2, 0.25) is 5.88 Å². The molecule has 8 heteroatoms. The lowest BCUT2D eigenvalue weighted by Gasteiger charge is -2.17. The summed E-state index contributed by atoms with van der Waals surface area (Å²) in [5, 5.41) is 8.53. The highest BCUT2D eigenvalue weighted by Gasteiger charge is 2.28. The molecule has 126 valence electrons. The molecular weight excluding hydrogens is 353 g/mol. The van der Waals surface area contributed by atoms with Crippen molar-refractivity contribution in [1.29, 1.82) is 0 Å². The predicted octanol–water partition coefficient (Wildman–Crippen LogP) is 2.84. The molecule has 1 aromatic carbocycles. The minimum atomic E-state index is -0.119. The molecule has 1 fully saturated rings. The molecule has 1 atom stereocenters. The van der Waals surface area contributed by atoms with Gasteiger partial charge in [-0.25, -0.2) is 0 Å². The highest BCUT2D eigenvalue weighted by molar-refractivity contribution is 6.35. The summed E-state index contributed by atoms with van der Waals surface area (Å²) in [7, 11) is 0. The zero-order valence-corrected chi connectivity index (χ0v) is 14.2. The van der Waals surface area contributed by atoms with E-state index in [-0.39, 0.29) is 18.6 Å². The van der Waals surface area contributed by atoms with Crippen molar-refractivity contribution in [2.24, 2.45) is 0 Å². The molecule has 0 N–H and O–H groups in total. The fourth-order valence-electron chi connectivity index (χ4n) is 2.39. The van der Waals surface area contributed by atoms with E-state index >= 15 is 0 Å². The van der Waals surface area contributed by atoms with Crippen LogP contribution in [0.25, 0.3) is 0 Å². The Morgan fingerprint density at radius 2 is 2.21 bits per heavy atom. The van der Waals surface area contributed by atoms with Crippen molar-refractivity contribution in [1.82, 2.24) is 15.1 Å². The van der Waals surface area contributed by atoms with Crippen LogP contribution in [0.1, 0.15) is 6.42 Å². The first-order valence-electron chi connectivity index (χ1n) is 7.42. The molecule has 1 aliphatic rings. The van der Waals surface area contributed by atoms with Gasteiger partial charge in [-0.15, -0.1) is 5.10 Å². The maximum absolute atomic E-state index is 12.2. The van der Waals surface area contributed by atoms with E-state index in [1.807, 2.05) is 0 Å². The molecule has 0 bridgehead atoms. The van der Waals surface area contributed by atoms with Crippen molar-refractivity contribution in [3.63, 3.8) is 0 Å². The molecule has 2 heterocycles. The number of halogens is 2. The molecule has 1 aromatic heterocycles. The number of benzene rings is 1. The summed E-state index contributed by atoms with van der Waals surface area (Å²) in [5.74, 6) is 0.772. The van der Waals surface area contributed by atoms with Crippen LogP contribution in [-0.4, -0.2) is 46.8 Å². The topological polar surface area (TPSA) is 64.5 Å². The minimum Gasteiger partial charge on any atom is -0.482 e. The van der Waals surface area contributed by atoms with Crippen LogP contribution in [0.3, 0.4) is 0 Å². The van der Waals surface area contributed by atoms with Crippen molar-refractivity contribution in [3.05, 3.63) is 46.6 Å². The fourth-order valence-corrected chi connectivity index (χ4v) is 2.86. The summed E-state index contributed by atoms with van der Waals surface area (Å²) in [6.07, 6.45) is 2.23. The Balaban J connectivity index is 1.49. The van der Waals surface area contributed by atoms with E-state index < -0.39 is 0 Å². The SMILES string of the molecule is O=C(COc1ccc(Cl)cc1Cl)N1CCC(Oc2cccnn2)C1. The molecule has 6 nitrogen and oxygen atoms in total. The highest BCUT2D eigenvalue weighted by Crippen LogP contribution is 2.27. The summed E-state index contributed by atoms with van der Waals surface area (Å²) >= 11 is 11.8. The van der Waals surface area contributed by atoms with Crippen molar-refractivity contribution >= 4 is 29.1 Å². The smallest absolute Gasteiger partial charge is 0.260 e. The Bertz CT molecular complexity index is 715. The van der Waals surface area contributed by atoms with Crippen LogP contribution in [0.2, 0.25) is 10.0 Å². The Labute approximate surface area is 149 Å². The van der Waals surface area contributed by atoms with Crippen LogP contribution >= 0.6 is 23.2 Å². The molecule has 2 aromatic rings. The van der Waals surface area contributed by atoms with Crippen molar-refractivity contribution < 1.29 is 14.3 Å². The number of nitrogens with zero attached hydrogens (tertiary/aromatic N) is 3. The van der Waals surface area contributed by atoms with Crippen molar-refractivity contribution in [2.75, 3.05) is 19.7 Å². The zero-order valence-electron chi connectivity index (χ0n) is 12.7. The van der Waals surface area contributed by atoms with Gasteiger partial charge in [0, 0.05) is 30.3 Å². The van der Waals surface area contributed by atoms with Crippen LogP contribution in [-0.2, 0) is 4.79 Å². The highest BCUT2D eigenvalue weighted by atomic mass is 35.5. The molecule has 0 aliphatic carbocycles. The molecular formula is C16H15Cl2N3O3. The summed E-state index contributed by atoms with van der Waals surface area (Å²) < 4.78 is 11.2. The Kier molecular flexibility index (Phi) is 5.37. The number of amides is 1. The van der Waals surface area contributed by atoms with Crippen LogP contribution in [0.15, 0.2) is 36.5 Å². The van der Waals surface area contributed by atoms with Gasteiger partial charge < -0.3 is 14.4 Å². The largest absolute Gasteiger partial charge is 0.482 e. The van der Waals surface area contributed by atoms with Crippen molar-refractivity contribution in [2.45, 2.75) is 12.5 Å². The van der Waals surface area contributed by atoms with E-state index in [0.717, 1.165) is 6.42 Å². The molecule has 1 amide bonds. The molecule has 1 unspecified atom stereocenters. The number of carbonyl (C=O) groups is 1. The third-order valence-electron chi connectivity index (χ3n) is 3.58. The maximum Gasteiger partial charge on any atom is 0.260 e. The first-order chi connectivity index (χ1) is 11.6. The molecule has 0 radical (unpaired) electrons. The van der Waals surface area contributed by atoms with Gasteiger partial charge in [-0.05, 0) is 24.3 Å². The lowest BCUT2D eigenvalue weighted by molar-refractivity contribution is -0.132. The second kappa shape index (κ2) is 7.68. The quantitative estimate of drug-likeness (QED) is 0.812. The summed E-state index contributed by atoms with van der Waals surface area (Å²) in [6, 6.07) is 8.37. The average molecular weight is 368 g/mol. The molecule has 24 heavy (non-hydrogen) atoms. The van der Waals surface area contributed by atoms with Gasteiger partial charge in [-0.3, -0.25) is 4.79 Å². The van der Waals surface area contributed by atoms with Gasteiger partial charge >= 0.3 is 0 Å². The summed E-state index contributed by atoms with van der Waals surface area (Å²) in [4.78, 5) is 13.9. The first-order valence-corrected chi connectivity index (χ1v) is 8.17. The molecule has 3 rings (SSSR count). The van der Waals surface area contributed by atoms with Gasteiger partial charge in [-0.1, -0.05) is 23.2 Å². The van der Waals surface area contributed by atoms with Crippen LogP contribution in [0.5, 0.6) is 11.6 Å². The third-order valence-corrected chi connectivity index (χ3v) is 4.11. The van der Waals surface area contributed by atoms with Crippen LogP contribution in [0.4, 0.5) is 0 Å². The number of carbonyl (C=O) groups excluding carboxylic acids is 1. The van der Waals surface area contributed by atoms with E-state index in [4.69, 9.17) is 32.7 Å². The number of hydrogen-bond donors (Lipinski definition) is 0. The normalized spacial score (nSPS) is 16.9. The summed E-state index contributed by atoms with van der Waals surface area (Å²) in [6.45, 7) is 1.02. The molecule has 0 saturated carbocycles. The predicted molar refractivity (Wildman–Crippen MR) is 89.6 cm³/mol. The zero-order chi connectivity index (χ0) is 16.9. The number of ether oxygens (including phenoxy) is 2. The standard InChI is InChI=1S/C16H15Cl2N3O3/c17-11-3-4-14(13(18)8-11)23-10-16(22)21-7-5-12(9-21)24-15-2-1-6-19-20-15/h1-4,6,8,12H,5,7,9-10H2. The van der Waals surface area contributed by atoms with E-state index in [1.54, 1.807) is 41.4 Å². The first kappa shape index (κ1) is 16.8. The lowest BCUT2D eigenvalue weighted by atomic mass is 10.3. The third kappa shape index (κ3) is 4.27. The molecule has 0 spiro atoms. The van der Waals surface area contributed by atoms with Gasteiger partial charge in [0.05, 0.1) is 11.6 Å². The maximum atomic E-state index is 12.2. The molecule has 1 aliphatic heterocycles. The van der Waals surface area contributed by atoms with E-state index in [0.29, 0.717) is 34.8 Å². The number of rotatable bonds is 5. The van der Waals surface area contributed by atoms with Crippen LogP contribution in [0, 0.1) is 0 Å². The van der Waals surface area contributed by atoms with E-state index in [1.165, 1.54) is 0 Å². The van der Waals surface area contributed by atoms with Gasteiger partial charge in [-0.2, -0.15) is 5.10 Å². The second-order valence-corrected chi connectivity index (χ2v) is 6.14. The number of hydrogen-bond acceptors (Lipinski definition) is 5. The van der Waals surface area contributed by atoms with E-state index in [2.05, 4.69) is 10.2 Å². The monoisotopic (exact) mass is 367 g/mol.